The summed E-state index contributed by atoms with van der Waals surface area (Å²) < 4.78 is 37.8. The maximum absolute atomic E-state index is 12.0. The first-order chi connectivity index (χ1) is 11.9. The predicted molar refractivity (Wildman–Crippen MR) is 81.3 cm³/mol. The lowest BCUT2D eigenvalue weighted by Gasteiger charge is -2.07. The van der Waals surface area contributed by atoms with Crippen molar-refractivity contribution in [3.05, 3.63) is 47.3 Å². The fraction of sp³-hybridized carbons (Fsp3) is 0.312. The van der Waals surface area contributed by atoms with E-state index in [-0.39, 0.29) is 11.5 Å². The number of esters is 1. The van der Waals surface area contributed by atoms with E-state index in [0.29, 0.717) is 18.7 Å². The molecule has 1 N–H and O–H groups in total. The van der Waals surface area contributed by atoms with E-state index < -0.39 is 25.1 Å². The van der Waals surface area contributed by atoms with Crippen LogP contribution in [0.2, 0.25) is 0 Å². The number of hydrogen-bond acceptors (Lipinski definition) is 6. The third-order valence-corrected chi connectivity index (χ3v) is 3.05. The molecule has 25 heavy (non-hydrogen) atoms. The van der Waals surface area contributed by atoms with Gasteiger partial charge in [-0.1, -0.05) is 17.3 Å². The third-order valence-electron chi connectivity index (χ3n) is 3.05. The van der Waals surface area contributed by atoms with Crippen molar-refractivity contribution in [3.63, 3.8) is 0 Å². The minimum Gasteiger partial charge on any atom is -0.450 e. The molecule has 1 heterocycles. The molecule has 0 bridgehead atoms. The highest BCUT2D eigenvalue weighted by molar-refractivity contribution is 5.88. The normalized spacial score (nSPS) is 10.6. The Labute approximate surface area is 141 Å². The van der Waals surface area contributed by atoms with Crippen molar-refractivity contribution in [1.29, 1.82) is 0 Å². The Kier molecular flexibility index (Phi) is 6.44. The Hall–Kier alpha value is -2.97. The van der Waals surface area contributed by atoms with Crippen molar-refractivity contribution in [2.75, 3.05) is 13.2 Å². The zero-order valence-electron chi connectivity index (χ0n) is 13.3. The second-order valence-corrected chi connectivity index (χ2v) is 5.03. The quantitative estimate of drug-likeness (QED) is 0.730. The molecule has 134 valence electrons. The largest absolute Gasteiger partial charge is 0.450 e. The molecular weight excluding hydrogens is 338 g/mol. The molecule has 0 unspecified atom stereocenters. The number of hydrogen-bond donors (Lipinski definition) is 1. The zero-order chi connectivity index (χ0) is 18.2. The summed E-state index contributed by atoms with van der Waals surface area (Å²) in [4.78, 5) is 23.2. The molecule has 0 spiro atoms. The Morgan fingerprint density at radius 1 is 1.28 bits per heavy atom. The molecule has 9 heteroatoms. The number of carbonyl (C=O) groups excluding carboxylic acids is 2. The molecule has 1 aromatic heterocycles. The smallest absolute Gasteiger partial charge is 0.387 e. The lowest BCUT2D eigenvalue weighted by molar-refractivity contribution is -0.124. The van der Waals surface area contributed by atoms with E-state index >= 15 is 0 Å². The van der Waals surface area contributed by atoms with Gasteiger partial charge in [-0.25, -0.2) is 4.79 Å². The van der Waals surface area contributed by atoms with Crippen LogP contribution in [0.5, 0.6) is 5.75 Å². The summed E-state index contributed by atoms with van der Waals surface area (Å²) in [5.74, 6) is -1.25. The van der Waals surface area contributed by atoms with E-state index in [4.69, 9.17) is 9.26 Å². The standard InChI is InChI=1S/C16H16F2N2O5/c1-10-8-13(25-20-10)15(22)23-9-14(21)19-7-6-11-2-4-12(5-3-11)24-16(17)18/h2-5,8,16H,6-7,9H2,1H3,(H,19,21). The van der Waals surface area contributed by atoms with Gasteiger partial charge >= 0.3 is 12.6 Å². The van der Waals surface area contributed by atoms with E-state index in [2.05, 4.69) is 15.2 Å². The third kappa shape index (κ3) is 6.21. The van der Waals surface area contributed by atoms with Gasteiger partial charge in [0.25, 0.3) is 5.91 Å². The van der Waals surface area contributed by atoms with Crippen molar-refractivity contribution < 1.29 is 32.4 Å². The van der Waals surface area contributed by atoms with Crippen LogP contribution in [0.4, 0.5) is 8.78 Å². The lowest BCUT2D eigenvalue weighted by Crippen LogP contribution is -2.30. The fourth-order valence-corrected chi connectivity index (χ4v) is 1.90. The number of ether oxygens (including phenoxy) is 2. The molecule has 0 saturated carbocycles. The second kappa shape index (κ2) is 8.76. The molecule has 0 aliphatic heterocycles. The second-order valence-electron chi connectivity index (χ2n) is 5.03. The highest BCUT2D eigenvalue weighted by Crippen LogP contribution is 2.14. The molecule has 2 rings (SSSR count). The van der Waals surface area contributed by atoms with Crippen LogP contribution in [0.3, 0.4) is 0 Å². The minimum absolute atomic E-state index is 0.0670. The van der Waals surface area contributed by atoms with Gasteiger partial charge in [0, 0.05) is 12.6 Å². The summed E-state index contributed by atoms with van der Waals surface area (Å²) in [6, 6.07) is 7.49. The molecule has 0 atom stereocenters. The molecule has 0 saturated heterocycles. The summed E-state index contributed by atoms with van der Waals surface area (Å²) in [5.41, 5.74) is 1.36. The van der Waals surface area contributed by atoms with Gasteiger partial charge in [-0.15, -0.1) is 0 Å². The van der Waals surface area contributed by atoms with Crippen molar-refractivity contribution in [1.82, 2.24) is 10.5 Å². The van der Waals surface area contributed by atoms with Crippen molar-refractivity contribution in [2.24, 2.45) is 0 Å². The van der Waals surface area contributed by atoms with E-state index in [1.165, 1.54) is 18.2 Å². The molecule has 1 amide bonds. The lowest BCUT2D eigenvalue weighted by atomic mass is 10.1. The van der Waals surface area contributed by atoms with E-state index in [1.54, 1.807) is 19.1 Å². The van der Waals surface area contributed by atoms with Crippen LogP contribution in [0.15, 0.2) is 34.9 Å². The van der Waals surface area contributed by atoms with Gasteiger partial charge in [0.1, 0.15) is 5.75 Å². The first-order valence-electron chi connectivity index (χ1n) is 7.35. The summed E-state index contributed by atoms with van der Waals surface area (Å²) in [6.45, 7) is -1.36. The number of alkyl halides is 2. The van der Waals surface area contributed by atoms with Crippen molar-refractivity contribution >= 4 is 11.9 Å². The maximum Gasteiger partial charge on any atom is 0.387 e. The number of aromatic nitrogens is 1. The molecule has 0 aliphatic carbocycles. The maximum atomic E-state index is 12.0. The Bertz CT molecular complexity index is 716. The van der Waals surface area contributed by atoms with Gasteiger partial charge in [-0.2, -0.15) is 8.78 Å². The SMILES string of the molecule is Cc1cc(C(=O)OCC(=O)NCCc2ccc(OC(F)F)cc2)on1. The number of amides is 1. The van der Waals surface area contributed by atoms with Crippen molar-refractivity contribution in [3.8, 4) is 5.75 Å². The van der Waals surface area contributed by atoms with E-state index in [9.17, 15) is 18.4 Å². The monoisotopic (exact) mass is 354 g/mol. The number of rotatable bonds is 8. The Morgan fingerprint density at radius 3 is 2.60 bits per heavy atom. The highest BCUT2D eigenvalue weighted by Gasteiger charge is 2.14. The molecule has 2 aromatic rings. The topological polar surface area (TPSA) is 90.7 Å². The van der Waals surface area contributed by atoms with Crippen molar-refractivity contribution in [2.45, 2.75) is 20.0 Å². The molecule has 7 nitrogen and oxygen atoms in total. The average Bonchev–Trinajstić information content (AvgIpc) is 3.00. The summed E-state index contributed by atoms with van der Waals surface area (Å²) in [5, 5.41) is 6.12. The fourth-order valence-electron chi connectivity index (χ4n) is 1.90. The first-order valence-corrected chi connectivity index (χ1v) is 7.35. The van der Waals surface area contributed by atoms with E-state index in [1.807, 2.05) is 0 Å². The zero-order valence-corrected chi connectivity index (χ0v) is 13.3. The number of nitrogens with zero attached hydrogens (tertiary/aromatic N) is 1. The van der Waals surface area contributed by atoms with Crippen LogP contribution in [0, 0.1) is 6.92 Å². The van der Waals surface area contributed by atoms with Crippen LogP contribution in [0.1, 0.15) is 21.8 Å². The van der Waals surface area contributed by atoms with Crippen LogP contribution in [-0.4, -0.2) is 36.8 Å². The van der Waals surface area contributed by atoms with Crippen LogP contribution in [0.25, 0.3) is 0 Å². The predicted octanol–water partition coefficient (Wildman–Crippen LogP) is 2.10. The number of aryl methyl sites for hydroxylation is 1. The first kappa shape index (κ1) is 18.4. The molecule has 0 radical (unpaired) electrons. The molecular formula is C16H16F2N2O5. The van der Waals surface area contributed by atoms with Crippen LogP contribution < -0.4 is 10.1 Å². The van der Waals surface area contributed by atoms with Gasteiger partial charge in [-0.3, -0.25) is 4.79 Å². The average molecular weight is 354 g/mol. The Balaban J connectivity index is 1.67. The van der Waals surface area contributed by atoms with Gasteiger partial charge in [0.05, 0.1) is 5.69 Å². The van der Waals surface area contributed by atoms with Gasteiger partial charge in [0.2, 0.25) is 5.76 Å². The summed E-state index contributed by atoms with van der Waals surface area (Å²) in [6.07, 6.45) is 0.482. The molecule has 0 aliphatic rings. The van der Waals surface area contributed by atoms with Crippen LogP contribution in [-0.2, 0) is 16.0 Å². The van der Waals surface area contributed by atoms with Crippen LogP contribution >= 0.6 is 0 Å². The Morgan fingerprint density at radius 2 is 2.00 bits per heavy atom. The summed E-state index contributed by atoms with van der Waals surface area (Å²) >= 11 is 0. The molecule has 0 fully saturated rings. The number of nitrogens with one attached hydrogen (secondary N) is 1. The van der Waals surface area contributed by atoms with Gasteiger partial charge in [-0.05, 0) is 31.0 Å². The summed E-state index contributed by atoms with van der Waals surface area (Å²) in [7, 11) is 0. The number of carbonyl (C=O) groups is 2. The van der Waals surface area contributed by atoms with Gasteiger partial charge < -0.3 is 19.3 Å². The highest BCUT2D eigenvalue weighted by atomic mass is 19.3. The van der Waals surface area contributed by atoms with E-state index in [0.717, 1.165) is 5.56 Å². The van der Waals surface area contributed by atoms with Gasteiger partial charge in [0.15, 0.2) is 6.61 Å². The number of benzene rings is 1. The number of halogens is 2. The molecule has 1 aromatic carbocycles. The minimum atomic E-state index is -2.87.